The molecule has 4 atom stereocenters. The van der Waals surface area contributed by atoms with E-state index in [-0.39, 0.29) is 19.4 Å². The van der Waals surface area contributed by atoms with E-state index < -0.39 is 53.2 Å². The number of ether oxygens (including phenoxy) is 3. The first-order valence-electron chi connectivity index (χ1n) is 14.8. The van der Waals surface area contributed by atoms with Gasteiger partial charge in [0.25, 0.3) is 0 Å². The number of nitrogens with one attached hydrogen (secondary N) is 3. The molecule has 2 aliphatic rings. The molecular formula is C33H37N5O8. The van der Waals surface area contributed by atoms with E-state index in [4.69, 9.17) is 19.2 Å². The van der Waals surface area contributed by atoms with E-state index in [1.807, 2.05) is 36.4 Å². The average Bonchev–Trinajstić information content (AvgIpc) is 3.58. The Balaban J connectivity index is 1.43. The van der Waals surface area contributed by atoms with E-state index in [2.05, 4.69) is 22.7 Å². The number of carbonyl (C=O) groups excluding carboxylic acids is 3. The summed E-state index contributed by atoms with van der Waals surface area (Å²) in [5.74, 6) is -1.22. The fourth-order valence-corrected chi connectivity index (χ4v) is 5.49. The number of rotatable bonds is 8. The monoisotopic (exact) mass is 631 g/mol. The summed E-state index contributed by atoms with van der Waals surface area (Å²) in [6, 6.07) is 14.8. The highest BCUT2D eigenvalue weighted by Crippen LogP contribution is 2.45. The number of aliphatic carboxylic acids is 1. The van der Waals surface area contributed by atoms with Gasteiger partial charge in [-0.3, -0.25) is 4.79 Å². The smallest absolute Gasteiger partial charge is 0.426 e. The van der Waals surface area contributed by atoms with E-state index >= 15 is 0 Å². The predicted octanol–water partition coefficient (Wildman–Crippen LogP) is 4.03. The third kappa shape index (κ3) is 6.82. The molecule has 5 rings (SSSR count). The molecule has 46 heavy (non-hydrogen) atoms. The van der Waals surface area contributed by atoms with Gasteiger partial charge in [-0.25, -0.2) is 30.2 Å². The summed E-state index contributed by atoms with van der Waals surface area (Å²) >= 11 is 0. The van der Waals surface area contributed by atoms with Gasteiger partial charge in [0, 0.05) is 35.4 Å². The number of pyridine rings is 1. The number of likely N-dealkylation sites (tertiary alicyclic amines) is 1. The first kappa shape index (κ1) is 32.1. The maximum Gasteiger partial charge on any atom is 0.426 e. The topological polar surface area (TPSA) is 168 Å². The van der Waals surface area contributed by atoms with Crippen molar-refractivity contribution in [2.24, 2.45) is 5.92 Å². The van der Waals surface area contributed by atoms with E-state index in [0.717, 1.165) is 5.56 Å². The number of nitrogens with zero attached hydrogens (tertiary/aromatic N) is 2. The summed E-state index contributed by atoms with van der Waals surface area (Å²) in [7, 11) is 1.56. The molecule has 4 amide bonds. The minimum Gasteiger partial charge on any atom is -0.497 e. The van der Waals surface area contributed by atoms with E-state index in [9.17, 15) is 24.3 Å². The summed E-state index contributed by atoms with van der Waals surface area (Å²) < 4.78 is 17.1. The van der Waals surface area contributed by atoms with Crippen LogP contribution in [-0.2, 0) is 14.3 Å². The molecule has 1 unspecified atom stereocenters. The molecule has 0 spiro atoms. The Labute approximate surface area is 265 Å². The van der Waals surface area contributed by atoms with E-state index in [1.54, 1.807) is 46.1 Å². The number of benzene rings is 2. The molecule has 0 radical (unpaired) electrons. The molecule has 1 aliphatic carbocycles. The molecular weight excluding hydrogens is 594 g/mol. The second kappa shape index (κ2) is 12.6. The van der Waals surface area contributed by atoms with Crippen molar-refractivity contribution in [3.05, 3.63) is 67.3 Å². The van der Waals surface area contributed by atoms with E-state index in [0.29, 0.717) is 28.1 Å². The Kier molecular flexibility index (Phi) is 8.77. The number of hydrazine groups is 1. The number of methoxy groups -OCH3 is 1. The third-order valence-corrected chi connectivity index (χ3v) is 7.87. The van der Waals surface area contributed by atoms with Gasteiger partial charge in [-0.1, -0.05) is 36.4 Å². The van der Waals surface area contributed by atoms with Crippen LogP contribution in [0.3, 0.4) is 0 Å². The first-order valence-corrected chi connectivity index (χ1v) is 14.8. The van der Waals surface area contributed by atoms with Crippen molar-refractivity contribution in [2.45, 2.75) is 56.9 Å². The van der Waals surface area contributed by atoms with Gasteiger partial charge in [0.05, 0.1) is 24.9 Å². The third-order valence-electron chi connectivity index (χ3n) is 7.87. The number of amides is 4. The summed E-state index contributed by atoms with van der Waals surface area (Å²) in [6.07, 6.45) is 0.136. The van der Waals surface area contributed by atoms with Crippen LogP contribution in [-0.4, -0.2) is 75.9 Å². The maximum absolute atomic E-state index is 13.6. The fourth-order valence-electron chi connectivity index (χ4n) is 5.49. The Morgan fingerprint density at radius 3 is 2.46 bits per heavy atom. The normalized spacial score (nSPS) is 22.0. The molecule has 2 fully saturated rings. The molecule has 1 saturated carbocycles. The van der Waals surface area contributed by atoms with Gasteiger partial charge in [0.15, 0.2) is 0 Å². The summed E-state index contributed by atoms with van der Waals surface area (Å²) in [5, 5.41) is 13.2. The lowest BCUT2D eigenvalue weighted by Crippen LogP contribution is -2.56. The molecule has 242 valence electrons. The molecule has 3 aromatic rings. The van der Waals surface area contributed by atoms with Crippen LogP contribution in [0.25, 0.3) is 22.2 Å². The maximum atomic E-state index is 13.6. The number of carboxylic acid groups (broad SMARTS) is 1. The van der Waals surface area contributed by atoms with Gasteiger partial charge in [-0.15, -0.1) is 6.58 Å². The molecule has 1 aromatic heterocycles. The molecule has 0 bridgehead atoms. The van der Waals surface area contributed by atoms with Crippen LogP contribution in [0.2, 0.25) is 0 Å². The van der Waals surface area contributed by atoms with Crippen molar-refractivity contribution in [3.63, 3.8) is 0 Å². The largest absolute Gasteiger partial charge is 0.497 e. The number of carbonyl (C=O) groups is 4. The predicted molar refractivity (Wildman–Crippen MR) is 168 cm³/mol. The molecule has 1 aliphatic heterocycles. The quantitative estimate of drug-likeness (QED) is 0.212. The van der Waals surface area contributed by atoms with Crippen LogP contribution in [0.4, 0.5) is 9.59 Å². The van der Waals surface area contributed by atoms with Gasteiger partial charge in [0.1, 0.15) is 34.8 Å². The van der Waals surface area contributed by atoms with E-state index in [1.165, 1.54) is 11.0 Å². The minimum absolute atomic E-state index is 0.0424. The van der Waals surface area contributed by atoms with Crippen LogP contribution in [0.1, 0.15) is 33.6 Å². The van der Waals surface area contributed by atoms with Crippen LogP contribution in [0.5, 0.6) is 11.5 Å². The highest BCUT2D eigenvalue weighted by molar-refractivity contribution is 5.95. The number of hydrogen-bond acceptors (Lipinski definition) is 8. The van der Waals surface area contributed by atoms with Crippen molar-refractivity contribution in [2.75, 3.05) is 13.7 Å². The van der Waals surface area contributed by atoms with Crippen molar-refractivity contribution in [3.8, 4) is 22.8 Å². The standard InChI is InChI=1S/C33H37N5O8/c1-6-20-17-33(20,29(40)41)35-28(39)26-15-22(18-38(26)30(42)36-37-31(43)46-32(2,3)4)45-27-16-24(19-10-8-7-9-11-19)34-25-14-21(44-5)12-13-23(25)27/h6-14,16,20,22,26H,1,15,17-18H2,2-5H3,(H,35,39)(H,36,42)(H,37,43)(H,40,41)/t20-,22-,26-,33?/m1/s1. The molecule has 1 saturated heterocycles. The van der Waals surface area contributed by atoms with Gasteiger partial charge < -0.3 is 29.5 Å². The van der Waals surface area contributed by atoms with Crippen molar-refractivity contribution < 1.29 is 38.5 Å². The zero-order valence-corrected chi connectivity index (χ0v) is 26.0. The van der Waals surface area contributed by atoms with Crippen LogP contribution >= 0.6 is 0 Å². The molecule has 2 heterocycles. The summed E-state index contributed by atoms with van der Waals surface area (Å²) in [4.78, 5) is 57.2. The number of carboxylic acids is 1. The van der Waals surface area contributed by atoms with Gasteiger partial charge in [-0.2, -0.15) is 0 Å². The van der Waals surface area contributed by atoms with Gasteiger partial charge >= 0.3 is 18.1 Å². The lowest BCUT2D eigenvalue weighted by molar-refractivity contribution is -0.144. The molecule has 2 aromatic carbocycles. The van der Waals surface area contributed by atoms with Crippen LogP contribution in [0, 0.1) is 5.92 Å². The number of urea groups is 1. The van der Waals surface area contributed by atoms with Crippen LogP contribution in [0.15, 0.2) is 67.3 Å². The van der Waals surface area contributed by atoms with Crippen molar-refractivity contribution in [1.29, 1.82) is 0 Å². The Morgan fingerprint density at radius 1 is 1.09 bits per heavy atom. The van der Waals surface area contributed by atoms with Gasteiger partial charge in [-0.05, 0) is 39.3 Å². The zero-order chi connectivity index (χ0) is 33.2. The number of aromatic nitrogens is 1. The van der Waals surface area contributed by atoms with Gasteiger partial charge in [0.2, 0.25) is 5.91 Å². The molecule has 4 N–H and O–H groups in total. The highest BCUT2D eigenvalue weighted by Gasteiger charge is 2.61. The zero-order valence-electron chi connectivity index (χ0n) is 26.0. The Morgan fingerprint density at radius 2 is 1.83 bits per heavy atom. The fraction of sp³-hybridized carbons (Fsp3) is 0.364. The first-order chi connectivity index (χ1) is 21.8. The molecule has 13 heteroatoms. The Hall–Kier alpha value is -5.33. The SMILES string of the molecule is C=C[C@@H]1CC1(NC(=O)[C@H]1C[C@@H](Oc2cc(-c3ccccc3)nc3cc(OC)ccc23)CN1C(=O)NNC(=O)OC(C)(C)C)C(=O)O. The molecule has 13 nitrogen and oxygen atoms in total. The minimum atomic E-state index is -1.50. The van der Waals surface area contributed by atoms with Crippen LogP contribution < -0.4 is 25.6 Å². The summed E-state index contributed by atoms with van der Waals surface area (Å²) in [6.45, 7) is 8.63. The lowest BCUT2D eigenvalue weighted by atomic mass is 10.1. The average molecular weight is 632 g/mol. The number of fused-ring (bicyclic) bond motifs is 1. The highest BCUT2D eigenvalue weighted by atomic mass is 16.6. The van der Waals surface area contributed by atoms with Crippen molar-refractivity contribution >= 4 is 34.9 Å². The van der Waals surface area contributed by atoms with Crippen molar-refractivity contribution in [1.82, 2.24) is 26.1 Å². The second-order valence-electron chi connectivity index (χ2n) is 12.3. The Bertz CT molecular complexity index is 1670. The second-order valence-corrected chi connectivity index (χ2v) is 12.3. The number of hydrogen-bond donors (Lipinski definition) is 4. The summed E-state index contributed by atoms with van der Waals surface area (Å²) in [5.41, 5.74) is 4.28. The lowest BCUT2D eigenvalue weighted by Gasteiger charge is -2.26.